The molecule has 6 nitrogen and oxygen atoms in total. The maximum Gasteiger partial charge on any atom is 0.309 e. The molecule has 0 heterocycles. The molecule has 0 bridgehead atoms. The molecule has 4 N–H and O–H groups in total. The van der Waals surface area contributed by atoms with Crippen molar-refractivity contribution in [1.82, 2.24) is 0 Å². The zero-order valence-electron chi connectivity index (χ0n) is 26.8. The Labute approximate surface area is 248 Å². The van der Waals surface area contributed by atoms with Crippen molar-refractivity contribution in [3.8, 4) is 0 Å². The lowest BCUT2D eigenvalue weighted by Crippen LogP contribution is -2.25. The van der Waals surface area contributed by atoms with Gasteiger partial charge in [0.05, 0.1) is 23.0 Å². The Morgan fingerprint density at radius 3 is 1.12 bits per heavy atom. The van der Waals surface area contributed by atoms with Crippen LogP contribution < -0.4 is 0 Å². The summed E-state index contributed by atoms with van der Waals surface area (Å²) < 4.78 is 0. The molecule has 232 valence electrons. The third-order valence-corrected chi connectivity index (χ3v) is 8.76. The summed E-state index contributed by atoms with van der Waals surface area (Å²) in [7, 11) is 0. The van der Waals surface area contributed by atoms with Crippen LogP contribution in [-0.4, -0.2) is 44.6 Å². The van der Waals surface area contributed by atoms with Gasteiger partial charge in [0.2, 0.25) is 0 Å². The number of aliphatic hydroxyl groups excluding tert-OH is 2. The van der Waals surface area contributed by atoms with Crippen LogP contribution in [0, 0.1) is 21.7 Å². The van der Waals surface area contributed by atoms with Crippen LogP contribution in [0.25, 0.3) is 0 Å². The van der Waals surface area contributed by atoms with E-state index in [1.165, 1.54) is 0 Å². The fourth-order valence-corrected chi connectivity index (χ4v) is 6.12. The molecule has 6 heteroatoms. The first-order valence-electron chi connectivity index (χ1n) is 15.5. The highest BCUT2D eigenvalue weighted by Crippen LogP contribution is 2.39. The monoisotopic (exact) mass is 572 g/mol. The lowest BCUT2D eigenvalue weighted by Gasteiger charge is -2.32. The van der Waals surface area contributed by atoms with Crippen LogP contribution in [0.5, 0.6) is 0 Å². The minimum atomic E-state index is -0.773. The van der Waals surface area contributed by atoms with Gasteiger partial charge in [-0.3, -0.25) is 9.59 Å². The van der Waals surface area contributed by atoms with Crippen LogP contribution in [0.4, 0.5) is 0 Å². The molecule has 0 aromatic carbocycles. The number of aliphatic hydroxyl groups is 2. The van der Waals surface area contributed by atoms with E-state index in [0.29, 0.717) is 12.8 Å². The van der Waals surface area contributed by atoms with Crippen molar-refractivity contribution in [3.63, 3.8) is 0 Å². The van der Waals surface area contributed by atoms with Crippen LogP contribution >= 0.6 is 0 Å². The first kappa shape index (κ1) is 35.0. The Morgan fingerprint density at radius 2 is 0.854 bits per heavy atom. The summed E-state index contributed by atoms with van der Waals surface area (Å²) in [5, 5.41) is 41.1. The topological polar surface area (TPSA) is 115 Å². The van der Waals surface area contributed by atoms with E-state index in [4.69, 9.17) is 0 Å². The largest absolute Gasteiger partial charge is 0.481 e. The molecular weight excluding hydrogens is 516 g/mol. The summed E-state index contributed by atoms with van der Waals surface area (Å²) in [4.78, 5) is 22.8. The third kappa shape index (κ3) is 10.6. The third-order valence-electron chi connectivity index (χ3n) is 8.76. The van der Waals surface area contributed by atoms with Crippen LogP contribution in [0.2, 0.25) is 0 Å². The Hall–Kier alpha value is -2.18. The van der Waals surface area contributed by atoms with Gasteiger partial charge < -0.3 is 20.4 Å². The minimum absolute atomic E-state index is 0.152. The number of rotatable bonds is 16. The van der Waals surface area contributed by atoms with Gasteiger partial charge in [-0.25, -0.2) is 0 Å². The maximum absolute atomic E-state index is 11.4. The standard InChI is InChI=1S/C35H56O6/c1-32(2)20-24(14-9-11-18-34(5,6)30(38)39)28(36)26(22-32)16-13-17-27-23-33(3,4)21-25(29(27)37)15-10-12-19-35(7,8)31(40)41/h20-23,28-29,36-37H,9-19H2,1-8H3,(H,38,39)(H,40,41). The summed E-state index contributed by atoms with van der Waals surface area (Å²) >= 11 is 0. The van der Waals surface area contributed by atoms with Gasteiger partial charge in [0.1, 0.15) is 0 Å². The SMILES string of the molecule is CC1(C)C=C(CCCCC(C)(C)C(=O)O)C(O)C(CCCC2=CC(C)(C)C=C(CCCCC(C)(C)C(=O)O)C2O)=C1. The highest BCUT2D eigenvalue weighted by Gasteiger charge is 2.31. The molecule has 41 heavy (non-hydrogen) atoms. The van der Waals surface area contributed by atoms with E-state index in [9.17, 15) is 30.0 Å². The highest BCUT2D eigenvalue weighted by atomic mass is 16.4. The maximum atomic E-state index is 11.4. The molecule has 2 aliphatic rings. The molecule has 0 amide bonds. The molecule has 0 radical (unpaired) electrons. The van der Waals surface area contributed by atoms with Crippen molar-refractivity contribution >= 4 is 11.9 Å². The van der Waals surface area contributed by atoms with Gasteiger partial charge in [-0.05, 0) is 108 Å². The molecule has 2 aliphatic carbocycles. The zero-order chi connectivity index (χ0) is 31.2. The predicted molar refractivity (Wildman–Crippen MR) is 166 cm³/mol. The number of hydrogen-bond acceptors (Lipinski definition) is 4. The van der Waals surface area contributed by atoms with E-state index in [2.05, 4.69) is 52.0 Å². The Morgan fingerprint density at radius 1 is 0.585 bits per heavy atom. The van der Waals surface area contributed by atoms with E-state index in [0.717, 1.165) is 80.1 Å². The van der Waals surface area contributed by atoms with Gasteiger partial charge in [-0.2, -0.15) is 0 Å². The van der Waals surface area contributed by atoms with Crippen molar-refractivity contribution in [2.45, 2.75) is 138 Å². The number of carbonyl (C=O) groups is 2. The van der Waals surface area contributed by atoms with Crippen LogP contribution in [-0.2, 0) is 9.59 Å². The molecule has 0 aromatic rings. The molecule has 2 unspecified atom stereocenters. The van der Waals surface area contributed by atoms with Crippen LogP contribution in [0.3, 0.4) is 0 Å². The first-order valence-corrected chi connectivity index (χ1v) is 15.5. The number of hydrogen-bond donors (Lipinski definition) is 4. The van der Waals surface area contributed by atoms with E-state index in [1.807, 2.05) is 0 Å². The van der Waals surface area contributed by atoms with Crippen molar-refractivity contribution in [2.24, 2.45) is 21.7 Å². The second-order valence-electron chi connectivity index (χ2n) is 15.0. The highest BCUT2D eigenvalue weighted by molar-refractivity contribution is 5.73. The molecule has 0 spiro atoms. The number of unbranched alkanes of at least 4 members (excludes halogenated alkanes) is 2. The van der Waals surface area contributed by atoms with Crippen LogP contribution in [0.15, 0.2) is 46.6 Å². The van der Waals surface area contributed by atoms with Gasteiger partial charge in [0.25, 0.3) is 0 Å². The van der Waals surface area contributed by atoms with Crippen molar-refractivity contribution in [2.75, 3.05) is 0 Å². The molecule has 2 rings (SSSR count). The number of aliphatic carboxylic acids is 2. The molecule has 0 saturated carbocycles. The number of carboxylic acid groups (broad SMARTS) is 2. The molecular formula is C35H56O6. The number of carboxylic acids is 2. The molecule has 0 fully saturated rings. The van der Waals surface area contributed by atoms with E-state index >= 15 is 0 Å². The summed E-state index contributed by atoms with van der Waals surface area (Å²) in [5.74, 6) is -1.55. The lowest BCUT2D eigenvalue weighted by atomic mass is 9.76. The van der Waals surface area contributed by atoms with Gasteiger partial charge in [-0.1, -0.05) is 64.8 Å². The molecule has 0 aromatic heterocycles. The summed E-state index contributed by atoms with van der Waals surface area (Å²) in [6, 6.07) is 0. The van der Waals surface area contributed by atoms with Crippen molar-refractivity contribution in [3.05, 3.63) is 46.6 Å². The van der Waals surface area contributed by atoms with Gasteiger partial charge >= 0.3 is 11.9 Å². The summed E-state index contributed by atoms with van der Waals surface area (Å²) in [6.45, 7) is 15.6. The van der Waals surface area contributed by atoms with Crippen molar-refractivity contribution in [1.29, 1.82) is 0 Å². The Balaban J connectivity index is 1.93. The molecule has 0 saturated heterocycles. The fourth-order valence-electron chi connectivity index (χ4n) is 6.12. The van der Waals surface area contributed by atoms with E-state index in [1.54, 1.807) is 27.7 Å². The van der Waals surface area contributed by atoms with Crippen LogP contribution in [0.1, 0.15) is 126 Å². The quantitative estimate of drug-likeness (QED) is 0.110. The minimum Gasteiger partial charge on any atom is -0.481 e. The normalized spacial score (nSPS) is 22.4. The summed E-state index contributed by atoms with van der Waals surface area (Å²) in [6.07, 6.45) is 15.8. The fraction of sp³-hybridized carbons (Fsp3) is 0.714. The second-order valence-corrected chi connectivity index (χ2v) is 15.0. The average Bonchev–Trinajstić information content (AvgIpc) is 2.83. The van der Waals surface area contributed by atoms with Gasteiger partial charge in [0, 0.05) is 10.8 Å². The van der Waals surface area contributed by atoms with Crippen molar-refractivity contribution < 1.29 is 30.0 Å². The average molecular weight is 573 g/mol. The Kier molecular flexibility index (Phi) is 11.8. The second kappa shape index (κ2) is 13.9. The molecule has 2 atom stereocenters. The number of allylic oxidation sites excluding steroid dienone is 4. The van der Waals surface area contributed by atoms with E-state index in [-0.39, 0.29) is 10.8 Å². The smallest absolute Gasteiger partial charge is 0.309 e. The van der Waals surface area contributed by atoms with Gasteiger partial charge in [0.15, 0.2) is 0 Å². The van der Waals surface area contributed by atoms with Gasteiger partial charge in [-0.15, -0.1) is 0 Å². The predicted octanol–water partition coefficient (Wildman–Crippen LogP) is 8.01. The lowest BCUT2D eigenvalue weighted by molar-refractivity contribution is -0.148. The zero-order valence-corrected chi connectivity index (χ0v) is 26.8. The molecule has 0 aliphatic heterocycles. The summed E-state index contributed by atoms with van der Waals surface area (Å²) in [5.41, 5.74) is 2.33. The first-order chi connectivity index (χ1) is 18.8. The Bertz CT molecular complexity index is 982. The van der Waals surface area contributed by atoms with E-state index < -0.39 is 35.0 Å².